The first-order valence-corrected chi connectivity index (χ1v) is 11.1. The summed E-state index contributed by atoms with van der Waals surface area (Å²) in [5.41, 5.74) is 0.961. The van der Waals surface area contributed by atoms with Gasteiger partial charge in [0.2, 0.25) is 0 Å². The Morgan fingerprint density at radius 2 is 1.60 bits per heavy atom. The zero-order valence-corrected chi connectivity index (χ0v) is 16.4. The molecule has 0 aliphatic heterocycles. The monoisotopic (exact) mass is 352 g/mol. The van der Waals surface area contributed by atoms with Crippen LogP contribution >= 0.6 is 0 Å². The fourth-order valence-electron chi connectivity index (χ4n) is 8.39. The number of fused-ring (bicyclic) bond motifs is 5. The van der Waals surface area contributed by atoms with Crippen molar-refractivity contribution in [3.63, 3.8) is 0 Å². The third-order valence-electron chi connectivity index (χ3n) is 9.88. The van der Waals surface area contributed by atoms with Crippen molar-refractivity contribution in [1.29, 1.82) is 0 Å². The summed E-state index contributed by atoms with van der Waals surface area (Å²) in [6.07, 6.45) is 13.6. The van der Waals surface area contributed by atoms with Crippen molar-refractivity contribution >= 4 is 0 Å². The molecule has 144 valence electrons. The second-order valence-corrected chi connectivity index (χ2v) is 10.6. The van der Waals surface area contributed by atoms with Crippen molar-refractivity contribution in [2.75, 3.05) is 13.3 Å². The predicted octanol–water partition coefficient (Wildman–Crippen LogP) is 6.98. The van der Waals surface area contributed by atoms with Crippen molar-refractivity contribution in [2.24, 2.45) is 46.3 Å². The Morgan fingerprint density at radius 3 is 2.36 bits per heavy atom. The van der Waals surface area contributed by atoms with Gasteiger partial charge < -0.3 is 0 Å². The topological polar surface area (TPSA) is 0 Å². The van der Waals surface area contributed by atoms with Gasteiger partial charge in [0.05, 0.1) is 13.3 Å². The van der Waals surface area contributed by atoms with Crippen LogP contribution in [0.1, 0.15) is 84.5 Å². The van der Waals surface area contributed by atoms with Crippen molar-refractivity contribution in [3.05, 3.63) is 0 Å². The molecule has 8 atom stereocenters. The number of hydrogen-bond donors (Lipinski definition) is 0. The van der Waals surface area contributed by atoms with E-state index >= 15 is 0 Å². The van der Waals surface area contributed by atoms with Gasteiger partial charge in [0, 0.05) is 0 Å². The lowest BCUT2D eigenvalue weighted by atomic mass is 9.44. The Kier molecular flexibility index (Phi) is 4.95. The van der Waals surface area contributed by atoms with Gasteiger partial charge in [-0.2, -0.15) is 0 Å². The van der Waals surface area contributed by atoms with Crippen LogP contribution in [0.5, 0.6) is 0 Å². The lowest BCUT2D eigenvalue weighted by Gasteiger charge is -2.61. The highest BCUT2D eigenvalue weighted by molar-refractivity contribution is 5.09. The number of halogens is 2. The van der Waals surface area contributed by atoms with E-state index in [9.17, 15) is 8.78 Å². The second-order valence-electron chi connectivity index (χ2n) is 10.6. The minimum atomic E-state index is -0.140. The van der Waals surface area contributed by atoms with Crippen LogP contribution < -0.4 is 0 Å². The molecule has 0 bridgehead atoms. The summed E-state index contributed by atoms with van der Waals surface area (Å²) in [7, 11) is 0. The smallest absolute Gasteiger partial charge is 0.0922 e. The van der Waals surface area contributed by atoms with Crippen LogP contribution in [0.4, 0.5) is 8.78 Å². The van der Waals surface area contributed by atoms with E-state index in [2.05, 4.69) is 13.8 Å². The van der Waals surface area contributed by atoms with Crippen molar-refractivity contribution in [3.8, 4) is 0 Å². The van der Waals surface area contributed by atoms with Gasteiger partial charge in [-0.3, -0.25) is 8.78 Å². The van der Waals surface area contributed by atoms with E-state index in [4.69, 9.17) is 0 Å². The molecular formula is C23H38F2. The first-order chi connectivity index (χ1) is 12.0. The van der Waals surface area contributed by atoms with Crippen LogP contribution in [0.3, 0.4) is 0 Å². The summed E-state index contributed by atoms with van der Waals surface area (Å²) in [6, 6.07) is 0. The summed E-state index contributed by atoms with van der Waals surface area (Å²) in [5.74, 6) is 4.55. The van der Waals surface area contributed by atoms with Crippen LogP contribution in [0, 0.1) is 46.3 Å². The Balaban J connectivity index is 1.52. The van der Waals surface area contributed by atoms with Crippen LogP contribution in [0.25, 0.3) is 0 Å². The molecule has 0 heterocycles. The Bertz CT molecular complexity index is 477. The van der Waals surface area contributed by atoms with Gasteiger partial charge >= 0.3 is 0 Å². The average molecular weight is 353 g/mol. The van der Waals surface area contributed by atoms with E-state index in [0.717, 1.165) is 55.3 Å². The summed E-state index contributed by atoms with van der Waals surface area (Å²) in [4.78, 5) is 0. The Morgan fingerprint density at radius 1 is 0.840 bits per heavy atom. The molecule has 0 aromatic rings. The summed E-state index contributed by atoms with van der Waals surface area (Å²) >= 11 is 0. The van der Waals surface area contributed by atoms with E-state index in [1.807, 2.05) is 0 Å². The van der Waals surface area contributed by atoms with Gasteiger partial charge in [0.1, 0.15) is 0 Å². The SMILES string of the molecule is C[C@]12CCC(CF)CC1CCC1C2CC[C@]2(C)C(CCCF)CCC12. The molecule has 4 rings (SSSR count). The highest BCUT2D eigenvalue weighted by Gasteiger charge is 2.59. The van der Waals surface area contributed by atoms with Crippen molar-refractivity contribution in [2.45, 2.75) is 84.5 Å². The van der Waals surface area contributed by atoms with E-state index in [1.54, 1.807) is 0 Å². The van der Waals surface area contributed by atoms with E-state index < -0.39 is 0 Å². The van der Waals surface area contributed by atoms with Crippen LogP contribution in [0.15, 0.2) is 0 Å². The van der Waals surface area contributed by atoms with Gasteiger partial charge in [-0.15, -0.1) is 0 Å². The lowest BCUT2D eigenvalue weighted by molar-refractivity contribution is -0.119. The fraction of sp³-hybridized carbons (Fsp3) is 1.00. The van der Waals surface area contributed by atoms with Gasteiger partial charge in [0.25, 0.3) is 0 Å². The Hall–Kier alpha value is -0.140. The molecule has 0 aromatic carbocycles. The molecule has 0 nitrogen and oxygen atoms in total. The summed E-state index contributed by atoms with van der Waals surface area (Å²) in [5, 5.41) is 0. The molecule has 25 heavy (non-hydrogen) atoms. The number of hydrogen-bond acceptors (Lipinski definition) is 0. The number of alkyl halides is 2. The zero-order chi connectivity index (χ0) is 17.7. The average Bonchev–Trinajstić information content (AvgIpc) is 2.95. The minimum Gasteiger partial charge on any atom is -0.251 e. The molecule has 0 spiro atoms. The third-order valence-corrected chi connectivity index (χ3v) is 9.88. The molecule has 4 fully saturated rings. The van der Waals surface area contributed by atoms with Gasteiger partial charge in [-0.25, -0.2) is 0 Å². The number of rotatable bonds is 4. The molecule has 0 amide bonds. The van der Waals surface area contributed by atoms with E-state index in [1.165, 1.54) is 44.9 Å². The normalized spacial score (nSPS) is 52.3. The molecule has 4 aliphatic rings. The molecule has 2 heteroatoms. The molecular weight excluding hydrogens is 314 g/mol. The van der Waals surface area contributed by atoms with Crippen LogP contribution in [-0.2, 0) is 0 Å². The molecule has 0 saturated heterocycles. The first-order valence-electron chi connectivity index (χ1n) is 11.1. The predicted molar refractivity (Wildman–Crippen MR) is 99.9 cm³/mol. The maximum absolute atomic E-state index is 13.2. The van der Waals surface area contributed by atoms with Gasteiger partial charge in [0.15, 0.2) is 0 Å². The first kappa shape index (κ1) is 18.2. The highest BCUT2D eigenvalue weighted by atomic mass is 19.1. The molecule has 4 aliphatic carbocycles. The lowest BCUT2D eigenvalue weighted by Crippen LogP contribution is -2.53. The van der Waals surface area contributed by atoms with E-state index in [0.29, 0.717) is 16.7 Å². The third kappa shape index (κ3) is 2.80. The minimum absolute atomic E-state index is 0.0996. The molecule has 6 unspecified atom stereocenters. The van der Waals surface area contributed by atoms with Gasteiger partial charge in [-0.1, -0.05) is 13.8 Å². The molecule has 0 radical (unpaired) electrons. The Labute approximate surface area is 153 Å². The maximum atomic E-state index is 13.2. The largest absolute Gasteiger partial charge is 0.251 e. The molecule has 0 aromatic heterocycles. The second kappa shape index (κ2) is 6.79. The molecule has 0 N–H and O–H groups in total. The standard InChI is InChI=1S/C23H38F2/c1-22-12-10-21-19(20(22)8-6-17(22)4-3-13-24)7-5-18-14-16(15-25)9-11-23(18,21)2/h16-21H,3-15H2,1-2H3/t16?,17?,18?,19?,20?,21?,22-,23+/m1/s1. The summed E-state index contributed by atoms with van der Waals surface area (Å²) in [6.45, 7) is 4.88. The molecule has 4 saturated carbocycles. The van der Waals surface area contributed by atoms with E-state index in [-0.39, 0.29) is 13.3 Å². The maximum Gasteiger partial charge on any atom is 0.0922 e. The quantitative estimate of drug-likeness (QED) is 0.512. The van der Waals surface area contributed by atoms with Crippen molar-refractivity contribution in [1.82, 2.24) is 0 Å². The zero-order valence-electron chi connectivity index (χ0n) is 16.4. The summed E-state index contributed by atoms with van der Waals surface area (Å²) < 4.78 is 26.0. The van der Waals surface area contributed by atoms with Gasteiger partial charge in [-0.05, 0) is 117 Å². The van der Waals surface area contributed by atoms with Crippen molar-refractivity contribution < 1.29 is 8.78 Å². The fourth-order valence-corrected chi connectivity index (χ4v) is 8.39. The van der Waals surface area contributed by atoms with Crippen LogP contribution in [-0.4, -0.2) is 13.3 Å². The van der Waals surface area contributed by atoms with Crippen LogP contribution in [0.2, 0.25) is 0 Å². The highest BCUT2D eigenvalue weighted by Crippen LogP contribution is 2.68.